The molecule has 6 nitrogen and oxygen atoms in total. The van der Waals surface area contributed by atoms with Gasteiger partial charge in [0.15, 0.2) is 0 Å². The number of carbonyl (C=O) groups excluding carboxylic acids is 3. The maximum absolute atomic E-state index is 11.7. The third-order valence-electron chi connectivity index (χ3n) is 3.44. The van der Waals surface area contributed by atoms with E-state index in [1.165, 1.54) is 0 Å². The largest absolute Gasteiger partial charge is 0.459 e. The molecule has 1 saturated carbocycles. The van der Waals surface area contributed by atoms with Gasteiger partial charge in [-0.25, -0.2) is 14.4 Å². The zero-order chi connectivity index (χ0) is 18.4. The zero-order valence-corrected chi connectivity index (χ0v) is 14.4. The summed E-state index contributed by atoms with van der Waals surface area (Å²) in [4.78, 5) is 35.2. The zero-order valence-electron chi connectivity index (χ0n) is 14.4. The molecule has 0 aliphatic heterocycles. The molecule has 0 unspecified atom stereocenters. The summed E-state index contributed by atoms with van der Waals surface area (Å²) < 4.78 is 16.0. The molecular formula is C18H24O6. The van der Waals surface area contributed by atoms with Crippen LogP contribution >= 0.6 is 0 Å². The van der Waals surface area contributed by atoms with Gasteiger partial charge in [0.2, 0.25) is 0 Å². The molecule has 0 aromatic rings. The second-order valence-electron chi connectivity index (χ2n) is 6.13. The van der Waals surface area contributed by atoms with Gasteiger partial charge in [-0.3, -0.25) is 0 Å². The summed E-state index contributed by atoms with van der Waals surface area (Å²) >= 11 is 0. The Hall–Kier alpha value is -2.37. The van der Waals surface area contributed by atoms with E-state index in [1.54, 1.807) is 20.8 Å². The minimum absolute atomic E-state index is 0.270. The van der Waals surface area contributed by atoms with Gasteiger partial charge in [-0.05, 0) is 20.8 Å². The third-order valence-corrected chi connectivity index (χ3v) is 3.44. The van der Waals surface area contributed by atoms with E-state index in [-0.39, 0.29) is 16.7 Å². The molecule has 0 radical (unpaired) electrons. The molecule has 0 saturated heterocycles. The van der Waals surface area contributed by atoms with E-state index >= 15 is 0 Å². The lowest BCUT2D eigenvalue weighted by Crippen LogP contribution is -2.40. The van der Waals surface area contributed by atoms with Crippen molar-refractivity contribution in [3.8, 4) is 0 Å². The molecular weight excluding hydrogens is 312 g/mol. The molecule has 0 aromatic carbocycles. The summed E-state index contributed by atoms with van der Waals surface area (Å²) in [6.07, 6.45) is -0.603. The van der Waals surface area contributed by atoms with Gasteiger partial charge in [0.1, 0.15) is 18.3 Å². The van der Waals surface area contributed by atoms with E-state index in [0.717, 1.165) is 0 Å². The summed E-state index contributed by atoms with van der Waals surface area (Å²) in [5.41, 5.74) is 0.810. The fourth-order valence-corrected chi connectivity index (χ4v) is 2.21. The number of carbonyl (C=O) groups is 3. The van der Waals surface area contributed by atoms with Crippen LogP contribution in [-0.4, -0.2) is 36.2 Å². The van der Waals surface area contributed by atoms with Crippen molar-refractivity contribution in [2.75, 3.05) is 0 Å². The fourth-order valence-electron chi connectivity index (χ4n) is 2.21. The first kappa shape index (κ1) is 19.7. The number of ether oxygens (including phenoxy) is 3. The van der Waals surface area contributed by atoms with Gasteiger partial charge >= 0.3 is 17.9 Å². The summed E-state index contributed by atoms with van der Waals surface area (Å²) in [5, 5.41) is 0. The van der Waals surface area contributed by atoms with Crippen LogP contribution in [0.2, 0.25) is 0 Å². The second kappa shape index (κ2) is 8.47. The molecule has 1 aliphatic carbocycles. The van der Waals surface area contributed by atoms with Gasteiger partial charge in [0, 0.05) is 36.0 Å². The maximum Gasteiger partial charge on any atom is 0.333 e. The molecule has 0 N–H and O–H groups in total. The standard InChI is InChI=1S/C18H24O6/c1-10(2)16(19)22-13-7-14(23-17(20)11(3)4)9-15(8-13)24-18(21)12(5)6/h13-15H,1,3,5,7-9H2,2,4,6H3. The summed E-state index contributed by atoms with van der Waals surface area (Å²) in [6, 6.07) is 0. The first-order valence-corrected chi connectivity index (χ1v) is 7.69. The van der Waals surface area contributed by atoms with E-state index in [4.69, 9.17) is 14.2 Å². The normalized spacial score (nSPS) is 22.9. The number of hydrogen-bond acceptors (Lipinski definition) is 6. The Balaban J connectivity index is 2.81. The minimum Gasteiger partial charge on any atom is -0.459 e. The predicted molar refractivity (Wildman–Crippen MR) is 87.9 cm³/mol. The molecule has 132 valence electrons. The number of rotatable bonds is 6. The molecule has 24 heavy (non-hydrogen) atoms. The average Bonchev–Trinajstić information content (AvgIpc) is 2.46. The second-order valence-corrected chi connectivity index (χ2v) is 6.13. The molecule has 1 rings (SSSR count). The minimum atomic E-state index is -0.534. The van der Waals surface area contributed by atoms with Gasteiger partial charge in [-0.2, -0.15) is 0 Å². The highest BCUT2D eigenvalue weighted by molar-refractivity contribution is 5.88. The van der Waals surface area contributed by atoms with E-state index in [2.05, 4.69) is 19.7 Å². The number of hydrogen-bond donors (Lipinski definition) is 0. The van der Waals surface area contributed by atoms with Crippen LogP contribution in [0.5, 0.6) is 0 Å². The van der Waals surface area contributed by atoms with Crippen LogP contribution in [0.15, 0.2) is 36.5 Å². The highest BCUT2D eigenvalue weighted by atomic mass is 16.6. The van der Waals surface area contributed by atoms with Crippen molar-refractivity contribution >= 4 is 17.9 Å². The Morgan fingerprint density at radius 1 is 0.625 bits per heavy atom. The van der Waals surface area contributed by atoms with Gasteiger partial charge in [0.25, 0.3) is 0 Å². The van der Waals surface area contributed by atoms with Crippen LogP contribution in [0.3, 0.4) is 0 Å². The Labute approximate surface area is 142 Å². The summed E-state index contributed by atoms with van der Waals surface area (Å²) in [5.74, 6) is -1.59. The SMILES string of the molecule is C=C(C)C(=O)OC1CC(OC(=O)C(=C)C)CC(OC(=O)C(=C)C)C1. The molecule has 0 heterocycles. The highest BCUT2D eigenvalue weighted by Gasteiger charge is 2.35. The van der Waals surface area contributed by atoms with Crippen molar-refractivity contribution in [3.63, 3.8) is 0 Å². The van der Waals surface area contributed by atoms with Crippen LogP contribution < -0.4 is 0 Å². The predicted octanol–water partition coefficient (Wildman–Crippen LogP) is 2.63. The topological polar surface area (TPSA) is 78.9 Å². The molecule has 1 aliphatic rings. The summed E-state index contributed by atoms with van der Waals surface area (Å²) in [6.45, 7) is 15.2. The van der Waals surface area contributed by atoms with Gasteiger partial charge in [-0.1, -0.05) is 19.7 Å². The van der Waals surface area contributed by atoms with Crippen molar-refractivity contribution in [1.29, 1.82) is 0 Å². The molecule has 0 spiro atoms. The van der Waals surface area contributed by atoms with E-state index < -0.39 is 36.2 Å². The Kier molecular flexibility index (Phi) is 6.95. The van der Waals surface area contributed by atoms with Crippen molar-refractivity contribution in [2.24, 2.45) is 0 Å². The molecule has 0 amide bonds. The summed E-state index contributed by atoms with van der Waals surface area (Å²) in [7, 11) is 0. The Morgan fingerprint density at radius 3 is 1.00 bits per heavy atom. The first-order chi connectivity index (χ1) is 11.1. The van der Waals surface area contributed by atoms with Crippen LogP contribution in [0.1, 0.15) is 40.0 Å². The average molecular weight is 336 g/mol. The van der Waals surface area contributed by atoms with Crippen molar-refractivity contribution in [2.45, 2.75) is 58.3 Å². The Bertz CT molecular complexity index is 487. The Morgan fingerprint density at radius 2 is 0.833 bits per heavy atom. The van der Waals surface area contributed by atoms with Crippen molar-refractivity contribution in [1.82, 2.24) is 0 Å². The quantitative estimate of drug-likeness (QED) is 0.421. The number of esters is 3. The van der Waals surface area contributed by atoms with Crippen LogP contribution in [-0.2, 0) is 28.6 Å². The highest BCUT2D eigenvalue weighted by Crippen LogP contribution is 2.28. The monoisotopic (exact) mass is 336 g/mol. The third kappa shape index (κ3) is 6.02. The lowest BCUT2D eigenvalue weighted by molar-refractivity contribution is -0.164. The molecule has 6 heteroatoms. The molecule has 0 atom stereocenters. The van der Waals surface area contributed by atoms with E-state index in [9.17, 15) is 14.4 Å². The van der Waals surface area contributed by atoms with Crippen LogP contribution in [0, 0.1) is 0 Å². The lowest BCUT2D eigenvalue weighted by atomic mass is 9.92. The maximum atomic E-state index is 11.7. The van der Waals surface area contributed by atoms with Gasteiger partial charge < -0.3 is 14.2 Å². The molecule has 0 aromatic heterocycles. The molecule has 1 fully saturated rings. The van der Waals surface area contributed by atoms with E-state index in [0.29, 0.717) is 19.3 Å². The van der Waals surface area contributed by atoms with E-state index in [1.807, 2.05) is 0 Å². The van der Waals surface area contributed by atoms with Crippen molar-refractivity contribution < 1.29 is 28.6 Å². The first-order valence-electron chi connectivity index (χ1n) is 7.69. The molecule has 0 bridgehead atoms. The van der Waals surface area contributed by atoms with Crippen LogP contribution in [0.4, 0.5) is 0 Å². The van der Waals surface area contributed by atoms with Gasteiger partial charge in [-0.15, -0.1) is 0 Å². The van der Waals surface area contributed by atoms with Gasteiger partial charge in [0.05, 0.1) is 0 Å². The van der Waals surface area contributed by atoms with Crippen LogP contribution in [0.25, 0.3) is 0 Å². The smallest absolute Gasteiger partial charge is 0.333 e. The lowest BCUT2D eigenvalue weighted by Gasteiger charge is -2.33. The fraction of sp³-hybridized carbons (Fsp3) is 0.500. The van der Waals surface area contributed by atoms with Crippen molar-refractivity contribution in [3.05, 3.63) is 36.5 Å².